The maximum atomic E-state index is 12.5. The standard InChI is InChI=1S/C14H21BrN2O/c1-4-16-10-11(15)9-12(16)13(18)17-7-5-14(2,3)6-8-17/h9-10H,4-8H2,1-3H3. The quantitative estimate of drug-likeness (QED) is 0.820. The SMILES string of the molecule is CCn1cc(Br)cc1C(=O)N1CCC(C)(C)CC1. The summed E-state index contributed by atoms with van der Waals surface area (Å²) in [5.41, 5.74) is 1.17. The molecule has 0 bridgehead atoms. The van der Waals surface area contributed by atoms with Crippen molar-refractivity contribution in [1.82, 2.24) is 9.47 Å². The van der Waals surface area contributed by atoms with Gasteiger partial charge in [0.15, 0.2) is 0 Å². The molecule has 0 aromatic carbocycles. The van der Waals surface area contributed by atoms with E-state index in [0.717, 1.165) is 42.6 Å². The Morgan fingerprint density at radius 3 is 2.56 bits per heavy atom. The Hall–Kier alpha value is -0.770. The Kier molecular flexibility index (Phi) is 3.85. The van der Waals surface area contributed by atoms with E-state index in [9.17, 15) is 4.79 Å². The molecule has 2 rings (SSSR count). The van der Waals surface area contributed by atoms with Gasteiger partial charge in [-0.3, -0.25) is 4.79 Å². The Labute approximate surface area is 117 Å². The molecule has 0 unspecified atom stereocenters. The van der Waals surface area contributed by atoms with Gasteiger partial charge in [-0.1, -0.05) is 13.8 Å². The van der Waals surface area contributed by atoms with Crippen molar-refractivity contribution in [3.05, 3.63) is 22.4 Å². The van der Waals surface area contributed by atoms with Gasteiger partial charge in [0.2, 0.25) is 0 Å². The molecule has 100 valence electrons. The van der Waals surface area contributed by atoms with Crippen molar-refractivity contribution in [2.24, 2.45) is 5.41 Å². The minimum absolute atomic E-state index is 0.165. The van der Waals surface area contributed by atoms with E-state index in [2.05, 4.69) is 36.7 Å². The molecule has 0 spiro atoms. The van der Waals surface area contributed by atoms with Gasteiger partial charge >= 0.3 is 0 Å². The Morgan fingerprint density at radius 2 is 2.00 bits per heavy atom. The Balaban J connectivity index is 2.12. The average molecular weight is 313 g/mol. The second-order valence-electron chi connectivity index (χ2n) is 5.79. The average Bonchev–Trinajstić information content (AvgIpc) is 2.69. The van der Waals surface area contributed by atoms with Gasteiger partial charge in [0.25, 0.3) is 5.91 Å². The molecule has 1 aliphatic rings. The first-order valence-corrected chi connectivity index (χ1v) is 7.37. The number of hydrogen-bond acceptors (Lipinski definition) is 1. The van der Waals surface area contributed by atoms with Crippen molar-refractivity contribution in [3.8, 4) is 0 Å². The Morgan fingerprint density at radius 1 is 1.39 bits per heavy atom. The second kappa shape index (κ2) is 5.08. The Bertz CT molecular complexity index is 441. The lowest BCUT2D eigenvalue weighted by atomic mass is 9.82. The van der Waals surface area contributed by atoms with Crippen LogP contribution < -0.4 is 0 Å². The number of nitrogens with zero attached hydrogens (tertiary/aromatic N) is 2. The lowest BCUT2D eigenvalue weighted by Crippen LogP contribution is -2.41. The molecule has 1 saturated heterocycles. The fourth-order valence-corrected chi connectivity index (χ4v) is 2.86. The van der Waals surface area contributed by atoms with Gasteiger partial charge < -0.3 is 9.47 Å². The van der Waals surface area contributed by atoms with E-state index in [4.69, 9.17) is 0 Å². The zero-order valence-electron chi connectivity index (χ0n) is 11.4. The largest absolute Gasteiger partial charge is 0.343 e. The first-order chi connectivity index (χ1) is 8.43. The first-order valence-electron chi connectivity index (χ1n) is 6.58. The number of aryl methyl sites for hydroxylation is 1. The topological polar surface area (TPSA) is 25.2 Å². The molecule has 0 N–H and O–H groups in total. The predicted octanol–water partition coefficient (Wildman–Crippen LogP) is 3.53. The van der Waals surface area contributed by atoms with E-state index in [1.807, 2.05) is 21.7 Å². The van der Waals surface area contributed by atoms with Crippen LogP contribution in [0.2, 0.25) is 0 Å². The van der Waals surface area contributed by atoms with Crippen molar-refractivity contribution in [2.45, 2.75) is 40.2 Å². The molecule has 1 amide bonds. The first kappa shape index (κ1) is 13.7. The van der Waals surface area contributed by atoms with Gasteiger partial charge in [0.1, 0.15) is 5.69 Å². The number of aromatic nitrogens is 1. The van der Waals surface area contributed by atoms with Crippen LogP contribution in [0, 0.1) is 5.41 Å². The zero-order chi connectivity index (χ0) is 13.3. The minimum atomic E-state index is 0.165. The molecule has 1 aromatic heterocycles. The summed E-state index contributed by atoms with van der Waals surface area (Å²) in [4.78, 5) is 14.5. The normalized spacial score (nSPS) is 19.0. The highest BCUT2D eigenvalue weighted by Gasteiger charge is 2.29. The molecule has 0 atom stereocenters. The van der Waals surface area contributed by atoms with Crippen LogP contribution in [0.3, 0.4) is 0 Å². The summed E-state index contributed by atoms with van der Waals surface area (Å²) in [6, 6.07) is 1.92. The molecule has 0 radical (unpaired) electrons. The van der Waals surface area contributed by atoms with E-state index in [1.165, 1.54) is 0 Å². The van der Waals surface area contributed by atoms with Crippen LogP contribution in [0.15, 0.2) is 16.7 Å². The van der Waals surface area contributed by atoms with Crippen LogP contribution in [-0.4, -0.2) is 28.5 Å². The molecular weight excluding hydrogens is 292 g/mol. The van der Waals surface area contributed by atoms with Crippen LogP contribution >= 0.6 is 15.9 Å². The van der Waals surface area contributed by atoms with E-state index >= 15 is 0 Å². The van der Waals surface area contributed by atoms with Gasteiger partial charge in [-0.2, -0.15) is 0 Å². The molecular formula is C14H21BrN2O. The van der Waals surface area contributed by atoms with Gasteiger partial charge in [-0.15, -0.1) is 0 Å². The summed E-state index contributed by atoms with van der Waals surface area (Å²) in [5, 5.41) is 0. The van der Waals surface area contributed by atoms with Crippen molar-refractivity contribution < 1.29 is 4.79 Å². The lowest BCUT2D eigenvalue weighted by Gasteiger charge is -2.37. The number of piperidine rings is 1. The third-order valence-corrected chi connectivity index (χ3v) is 4.26. The molecule has 18 heavy (non-hydrogen) atoms. The smallest absolute Gasteiger partial charge is 0.270 e. The van der Waals surface area contributed by atoms with Crippen molar-refractivity contribution >= 4 is 21.8 Å². The predicted molar refractivity (Wildman–Crippen MR) is 76.7 cm³/mol. The number of amides is 1. The van der Waals surface area contributed by atoms with Crippen LogP contribution in [0.5, 0.6) is 0 Å². The molecule has 0 saturated carbocycles. The van der Waals surface area contributed by atoms with E-state index in [1.54, 1.807) is 0 Å². The van der Waals surface area contributed by atoms with E-state index < -0.39 is 0 Å². The monoisotopic (exact) mass is 312 g/mol. The summed E-state index contributed by atoms with van der Waals surface area (Å²) in [5.74, 6) is 0.165. The number of halogens is 1. The maximum absolute atomic E-state index is 12.5. The van der Waals surface area contributed by atoms with E-state index in [-0.39, 0.29) is 5.91 Å². The lowest BCUT2D eigenvalue weighted by molar-refractivity contribution is 0.0620. The second-order valence-corrected chi connectivity index (χ2v) is 6.70. The van der Waals surface area contributed by atoms with E-state index in [0.29, 0.717) is 5.41 Å². The fraction of sp³-hybridized carbons (Fsp3) is 0.643. The molecule has 2 heterocycles. The molecule has 1 aromatic rings. The van der Waals surface area contributed by atoms with Crippen molar-refractivity contribution in [3.63, 3.8) is 0 Å². The highest BCUT2D eigenvalue weighted by Crippen LogP contribution is 2.30. The third kappa shape index (κ3) is 2.79. The number of likely N-dealkylation sites (tertiary alicyclic amines) is 1. The number of carbonyl (C=O) groups is 1. The molecule has 1 fully saturated rings. The van der Waals surface area contributed by atoms with Gasteiger partial charge in [0.05, 0.1) is 0 Å². The summed E-state index contributed by atoms with van der Waals surface area (Å²) >= 11 is 3.44. The summed E-state index contributed by atoms with van der Waals surface area (Å²) in [6.07, 6.45) is 4.15. The van der Waals surface area contributed by atoms with Gasteiger partial charge in [-0.05, 0) is 47.2 Å². The fourth-order valence-electron chi connectivity index (χ4n) is 2.39. The number of carbonyl (C=O) groups excluding carboxylic acids is 1. The van der Waals surface area contributed by atoms with Crippen LogP contribution in [0.4, 0.5) is 0 Å². The third-order valence-electron chi connectivity index (χ3n) is 3.83. The van der Waals surface area contributed by atoms with Crippen molar-refractivity contribution in [1.29, 1.82) is 0 Å². The molecule has 0 aliphatic carbocycles. The number of hydrogen-bond donors (Lipinski definition) is 0. The number of rotatable bonds is 2. The highest BCUT2D eigenvalue weighted by molar-refractivity contribution is 9.10. The van der Waals surface area contributed by atoms with Gasteiger partial charge in [0, 0.05) is 30.3 Å². The van der Waals surface area contributed by atoms with Crippen LogP contribution in [0.1, 0.15) is 44.1 Å². The summed E-state index contributed by atoms with van der Waals surface area (Å²) in [6.45, 7) is 9.19. The minimum Gasteiger partial charge on any atom is -0.343 e. The van der Waals surface area contributed by atoms with Crippen LogP contribution in [0.25, 0.3) is 0 Å². The summed E-state index contributed by atoms with van der Waals surface area (Å²) < 4.78 is 2.98. The maximum Gasteiger partial charge on any atom is 0.270 e. The zero-order valence-corrected chi connectivity index (χ0v) is 13.0. The molecule has 3 nitrogen and oxygen atoms in total. The summed E-state index contributed by atoms with van der Waals surface area (Å²) in [7, 11) is 0. The molecule has 1 aliphatic heterocycles. The molecule has 4 heteroatoms. The van der Waals surface area contributed by atoms with Crippen molar-refractivity contribution in [2.75, 3.05) is 13.1 Å². The van der Waals surface area contributed by atoms with Crippen LogP contribution in [-0.2, 0) is 6.54 Å². The highest BCUT2D eigenvalue weighted by atomic mass is 79.9. The van der Waals surface area contributed by atoms with Gasteiger partial charge in [-0.25, -0.2) is 0 Å².